The Balaban J connectivity index is 1.67. The number of carbonyl (C=O) groups excluding carboxylic acids is 2. The number of halogens is 10. The number of nitriles is 1. The number of benzene rings is 3. The summed E-state index contributed by atoms with van der Waals surface area (Å²) in [6, 6.07) is 11.7. The Morgan fingerprint density at radius 3 is 2.12 bits per heavy atom. The highest BCUT2D eigenvalue weighted by Crippen LogP contribution is 2.54. The molecule has 0 atom stereocenters. The summed E-state index contributed by atoms with van der Waals surface area (Å²) in [5, 5.41) is 11.2. The third kappa shape index (κ3) is 6.49. The Morgan fingerprint density at radius 2 is 1.60 bits per heavy atom. The van der Waals surface area contributed by atoms with Crippen molar-refractivity contribution in [2.75, 3.05) is 16.8 Å². The zero-order valence-electron chi connectivity index (χ0n) is 21.4. The molecule has 0 saturated heterocycles. The topological polar surface area (TPSA) is 73.2 Å². The van der Waals surface area contributed by atoms with Gasteiger partial charge in [0.2, 0.25) is 0 Å². The Bertz CT molecular complexity index is 1580. The minimum absolute atomic E-state index is 0.0892. The predicted molar refractivity (Wildman–Crippen MR) is 152 cm³/mol. The van der Waals surface area contributed by atoms with Gasteiger partial charge in [-0.1, -0.05) is 6.07 Å². The molecule has 43 heavy (non-hydrogen) atoms. The highest BCUT2D eigenvalue weighted by Gasteiger charge is 2.73. The van der Waals surface area contributed by atoms with E-state index in [4.69, 9.17) is 5.26 Å². The van der Waals surface area contributed by atoms with Crippen molar-refractivity contribution in [1.82, 2.24) is 0 Å². The summed E-state index contributed by atoms with van der Waals surface area (Å²) in [4.78, 5) is 27.6. The molecule has 0 unspecified atom stereocenters. The second-order valence-electron chi connectivity index (χ2n) is 9.61. The van der Waals surface area contributed by atoms with Crippen LogP contribution in [0.25, 0.3) is 0 Å². The van der Waals surface area contributed by atoms with E-state index in [0.717, 1.165) is 23.8 Å². The number of nitrogens with zero attached hydrogens (tertiary/aromatic N) is 2. The average Bonchev–Trinajstić information content (AvgIpc) is 3.76. The van der Waals surface area contributed by atoms with Gasteiger partial charge in [0.1, 0.15) is 0 Å². The maximum Gasteiger partial charge on any atom is 0.435 e. The second kappa shape index (κ2) is 12.0. The van der Waals surface area contributed by atoms with Crippen LogP contribution in [0.2, 0.25) is 0 Å². The fourth-order valence-corrected chi connectivity index (χ4v) is 5.85. The zero-order valence-corrected chi connectivity index (χ0v) is 25.1. The SMILES string of the molecule is N#Cc1ccc(C(=O)N(CC2CC2)c2cccc(C(=O)Nc3c(Br)cc(C(F)(C(F)(F)F)C(F)(F)F)cc3I)c2F)cc1. The van der Waals surface area contributed by atoms with Gasteiger partial charge in [0, 0.05) is 25.7 Å². The number of alkyl halides is 7. The highest BCUT2D eigenvalue weighted by atomic mass is 127. The molecule has 0 spiro atoms. The fourth-order valence-electron chi connectivity index (χ4n) is 4.16. The van der Waals surface area contributed by atoms with E-state index >= 15 is 4.39 Å². The van der Waals surface area contributed by atoms with Gasteiger partial charge in [-0.2, -0.15) is 31.6 Å². The van der Waals surface area contributed by atoms with Gasteiger partial charge < -0.3 is 10.2 Å². The van der Waals surface area contributed by atoms with Crippen molar-refractivity contribution in [2.45, 2.75) is 30.9 Å². The van der Waals surface area contributed by atoms with Crippen LogP contribution < -0.4 is 10.2 Å². The van der Waals surface area contributed by atoms with Crippen molar-refractivity contribution < 1.29 is 44.7 Å². The predicted octanol–water partition coefficient (Wildman–Crippen LogP) is 8.66. The van der Waals surface area contributed by atoms with Gasteiger partial charge >= 0.3 is 18.0 Å². The molecule has 0 radical (unpaired) electrons. The van der Waals surface area contributed by atoms with Crippen LogP contribution in [0, 0.1) is 26.6 Å². The Morgan fingerprint density at radius 1 is 1.00 bits per heavy atom. The molecular weight excluding hydrogens is 769 g/mol. The highest BCUT2D eigenvalue weighted by molar-refractivity contribution is 14.1. The largest absolute Gasteiger partial charge is 0.435 e. The molecule has 226 valence electrons. The number of rotatable bonds is 7. The van der Waals surface area contributed by atoms with E-state index < -0.39 is 54.8 Å². The first kappa shape index (κ1) is 32.6. The lowest BCUT2D eigenvalue weighted by Gasteiger charge is -2.31. The first-order valence-corrected chi connectivity index (χ1v) is 14.1. The van der Waals surface area contributed by atoms with E-state index in [2.05, 4.69) is 21.2 Å². The molecular formula is C28H17BrF8IN3O2. The molecule has 0 heterocycles. The maximum absolute atomic E-state index is 15.8. The van der Waals surface area contributed by atoms with Crippen LogP contribution in [0.5, 0.6) is 0 Å². The molecule has 1 aliphatic rings. The number of amides is 2. The van der Waals surface area contributed by atoms with Crippen molar-refractivity contribution >= 4 is 61.7 Å². The van der Waals surface area contributed by atoms with Crippen LogP contribution in [0.3, 0.4) is 0 Å². The number of anilines is 2. The lowest BCUT2D eigenvalue weighted by atomic mass is 9.94. The van der Waals surface area contributed by atoms with E-state index in [1.165, 1.54) is 59.0 Å². The van der Waals surface area contributed by atoms with Crippen molar-refractivity contribution in [3.63, 3.8) is 0 Å². The quantitative estimate of drug-likeness (QED) is 0.193. The molecule has 1 fully saturated rings. The smallest absolute Gasteiger partial charge is 0.320 e. The van der Waals surface area contributed by atoms with Gasteiger partial charge in [-0.3, -0.25) is 9.59 Å². The molecule has 1 N–H and O–H groups in total. The molecule has 0 bridgehead atoms. The first-order valence-electron chi connectivity index (χ1n) is 12.2. The zero-order chi connectivity index (χ0) is 31.9. The van der Waals surface area contributed by atoms with Gasteiger partial charge in [0.05, 0.1) is 28.6 Å². The minimum atomic E-state index is -6.34. The standard InChI is InChI=1S/C28H17BrF8IN3O2/c29-19-10-17(26(31,27(32,33)34)28(35,36)37)11-20(38)23(19)40-24(42)18-2-1-3-21(22(18)30)41(13-15-4-5-15)25(43)16-8-6-14(12-39)7-9-16/h1-3,6-11,15H,4-5,13H2,(H,40,42). The van der Waals surface area contributed by atoms with Crippen LogP contribution in [0.4, 0.5) is 46.5 Å². The molecule has 5 nitrogen and oxygen atoms in total. The van der Waals surface area contributed by atoms with E-state index in [9.17, 15) is 40.3 Å². The van der Waals surface area contributed by atoms with Gasteiger partial charge in [-0.15, -0.1) is 0 Å². The molecule has 4 rings (SSSR count). The minimum Gasteiger partial charge on any atom is -0.320 e. The molecule has 0 aliphatic heterocycles. The normalized spacial score (nSPS) is 13.8. The van der Waals surface area contributed by atoms with Crippen LogP contribution in [-0.4, -0.2) is 30.7 Å². The second-order valence-corrected chi connectivity index (χ2v) is 11.6. The third-order valence-corrected chi connectivity index (χ3v) is 8.09. The Labute approximate surface area is 261 Å². The summed E-state index contributed by atoms with van der Waals surface area (Å²) in [6.07, 6.45) is -11.1. The number of hydrogen-bond donors (Lipinski definition) is 1. The number of carbonyl (C=O) groups is 2. The fraction of sp³-hybridized carbons (Fsp3) is 0.250. The Kier molecular flexibility index (Phi) is 9.13. The molecule has 1 saturated carbocycles. The van der Waals surface area contributed by atoms with E-state index in [1.807, 2.05) is 6.07 Å². The van der Waals surface area contributed by atoms with Crippen molar-refractivity contribution in [3.8, 4) is 6.07 Å². The van der Waals surface area contributed by atoms with Crippen LogP contribution in [-0.2, 0) is 5.67 Å². The monoisotopic (exact) mass is 785 g/mol. The third-order valence-electron chi connectivity index (χ3n) is 6.62. The van der Waals surface area contributed by atoms with Crippen LogP contribution >= 0.6 is 38.5 Å². The summed E-state index contributed by atoms with van der Waals surface area (Å²) in [6.45, 7) is 0.134. The molecule has 2 amide bonds. The summed E-state index contributed by atoms with van der Waals surface area (Å²) >= 11 is 4.10. The summed E-state index contributed by atoms with van der Waals surface area (Å²) < 4.78 is 109. The van der Waals surface area contributed by atoms with Crippen LogP contribution in [0.1, 0.15) is 44.7 Å². The van der Waals surface area contributed by atoms with E-state index in [-0.39, 0.29) is 41.5 Å². The molecule has 3 aromatic rings. The summed E-state index contributed by atoms with van der Waals surface area (Å²) in [5.41, 5.74) is -8.16. The van der Waals surface area contributed by atoms with Crippen molar-refractivity contribution in [2.24, 2.45) is 5.92 Å². The van der Waals surface area contributed by atoms with Gasteiger partial charge in [-0.05, 0) is 106 Å². The molecule has 1 aliphatic carbocycles. The molecule has 0 aromatic heterocycles. The molecule has 3 aromatic carbocycles. The van der Waals surface area contributed by atoms with Gasteiger partial charge in [-0.25, -0.2) is 8.78 Å². The van der Waals surface area contributed by atoms with Crippen molar-refractivity contribution in [3.05, 3.63) is 90.7 Å². The van der Waals surface area contributed by atoms with Gasteiger partial charge in [0.25, 0.3) is 11.8 Å². The van der Waals surface area contributed by atoms with E-state index in [1.54, 1.807) is 0 Å². The summed E-state index contributed by atoms with van der Waals surface area (Å²) in [5.74, 6) is -2.75. The molecule has 15 heteroatoms. The number of nitrogens with one attached hydrogen (secondary N) is 1. The summed E-state index contributed by atoms with van der Waals surface area (Å²) in [7, 11) is 0. The van der Waals surface area contributed by atoms with Crippen molar-refractivity contribution in [1.29, 1.82) is 5.26 Å². The number of hydrogen-bond acceptors (Lipinski definition) is 3. The van der Waals surface area contributed by atoms with Gasteiger partial charge in [0.15, 0.2) is 5.82 Å². The maximum atomic E-state index is 15.8. The average molecular weight is 786 g/mol. The Hall–Kier alpha value is -3.26. The first-order chi connectivity index (χ1) is 20.0. The lowest BCUT2D eigenvalue weighted by molar-refractivity contribution is -0.348. The van der Waals surface area contributed by atoms with Crippen LogP contribution in [0.15, 0.2) is 59.1 Å². The van der Waals surface area contributed by atoms with E-state index in [0.29, 0.717) is 5.56 Å². The lowest BCUT2D eigenvalue weighted by Crippen LogP contribution is -2.50.